The van der Waals surface area contributed by atoms with E-state index in [2.05, 4.69) is 10.3 Å². The van der Waals surface area contributed by atoms with Gasteiger partial charge >= 0.3 is 12.1 Å². The molecule has 0 fully saturated rings. The third kappa shape index (κ3) is 3.69. The van der Waals surface area contributed by atoms with Crippen LogP contribution >= 0.6 is 0 Å². The summed E-state index contributed by atoms with van der Waals surface area (Å²) in [6.07, 6.45) is -1.11. The number of hydrogen-bond donors (Lipinski definition) is 2. The van der Waals surface area contributed by atoms with Crippen molar-refractivity contribution < 1.29 is 23.1 Å². The summed E-state index contributed by atoms with van der Waals surface area (Å²) in [7, 11) is 1.78. The Morgan fingerprint density at radius 3 is 2.38 bits per heavy atom. The number of hydrogen-bond acceptors (Lipinski definition) is 3. The normalized spacial score (nSPS) is 11.4. The van der Waals surface area contributed by atoms with E-state index in [9.17, 15) is 23.1 Å². The Kier molecular flexibility index (Phi) is 4.41. The first-order chi connectivity index (χ1) is 12.2. The minimum absolute atomic E-state index is 0.0867. The molecule has 0 aliphatic rings. The van der Waals surface area contributed by atoms with E-state index in [1.54, 1.807) is 30.2 Å². The third-order valence-corrected chi connectivity index (χ3v) is 3.74. The summed E-state index contributed by atoms with van der Waals surface area (Å²) in [5.74, 6) is -1.08. The van der Waals surface area contributed by atoms with E-state index < -0.39 is 17.7 Å². The van der Waals surface area contributed by atoms with Gasteiger partial charge in [-0.2, -0.15) is 13.2 Å². The molecular formula is C18H14F3N3O2. The number of nitrogens with one attached hydrogen (secondary N) is 1. The number of aryl methyl sites for hydroxylation is 1. The fourth-order valence-corrected chi connectivity index (χ4v) is 2.45. The van der Waals surface area contributed by atoms with Crippen LogP contribution < -0.4 is 5.32 Å². The number of aromatic carboxylic acids is 1. The van der Waals surface area contributed by atoms with Gasteiger partial charge in [0.05, 0.1) is 23.1 Å². The van der Waals surface area contributed by atoms with E-state index >= 15 is 0 Å². The Hall–Kier alpha value is -3.29. The molecule has 2 N–H and O–H groups in total. The molecule has 0 amide bonds. The van der Waals surface area contributed by atoms with Crippen LogP contribution in [-0.4, -0.2) is 20.6 Å². The van der Waals surface area contributed by atoms with Crippen LogP contribution in [0.5, 0.6) is 0 Å². The Labute approximate surface area is 146 Å². The number of aromatic nitrogens is 2. The van der Waals surface area contributed by atoms with Crippen molar-refractivity contribution in [1.29, 1.82) is 0 Å². The molecule has 0 aliphatic carbocycles. The number of carbonyl (C=O) groups is 1. The summed E-state index contributed by atoms with van der Waals surface area (Å²) in [5.41, 5.74) is 1.40. The highest BCUT2D eigenvalue weighted by Gasteiger charge is 2.29. The minimum Gasteiger partial charge on any atom is -0.478 e. The lowest BCUT2D eigenvalue weighted by Gasteiger charge is -2.13. The molecule has 2 aromatic carbocycles. The van der Waals surface area contributed by atoms with Crippen molar-refractivity contribution in [2.45, 2.75) is 6.18 Å². The van der Waals surface area contributed by atoms with E-state index in [0.717, 1.165) is 12.1 Å². The second-order valence-electron chi connectivity index (χ2n) is 5.69. The quantitative estimate of drug-likeness (QED) is 0.716. The van der Waals surface area contributed by atoms with Gasteiger partial charge < -0.3 is 15.0 Å². The molecule has 1 aromatic heterocycles. The van der Waals surface area contributed by atoms with Crippen LogP contribution in [0.4, 0.5) is 24.5 Å². The topological polar surface area (TPSA) is 67.2 Å². The number of nitrogens with zero attached hydrogens (tertiary/aromatic N) is 2. The molecule has 5 nitrogen and oxygen atoms in total. The summed E-state index contributed by atoms with van der Waals surface area (Å²) >= 11 is 0. The van der Waals surface area contributed by atoms with E-state index in [0.29, 0.717) is 22.6 Å². The maximum absolute atomic E-state index is 12.7. The lowest BCUT2D eigenvalue weighted by molar-refractivity contribution is -0.137. The Morgan fingerprint density at radius 2 is 1.85 bits per heavy atom. The molecule has 0 radical (unpaired) electrons. The predicted octanol–water partition coefficient (Wildman–Crippen LogP) is 4.55. The molecule has 1 heterocycles. The minimum atomic E-state index is -4.40. The zero-order valence-corrected chi connectivity index (χ0v) is 13.6. The van der Waals surface area contributed by atoms with Gasteiger partial charge in [0.25, 0.3) is 0 Å². The summed E-state index contributed by atoms with van der Waals surface area (Å²) in [6.45, 7) is 0. The third-order valence-electron chi connectivity index (χ3n) is 3.74. The Morgan fingerprint density at radius 1 is 1.15 bits per heavy atom. The lowest BCUT2D eigenvalue weighted by atomic mass is 10.1. The van der Waals surface area contributed by atoms with Crippen molar-refractivity contribution in [3.05, 3.63) is 66.1 Å². The summed E-state index contributed by atoms with van der Waals surface area (Å²) in [6, 6.07) is 9.04. The summed E-state index contributed by atoms with van der Waals surface area (Å²) < 4.78 is 39.7. The predicted molar refractivity (Wildman–Crippen MR) is 90.3 cm³/mol. The van der Waals surface area contributed by atoms with Gasteiger partial charge in [-0.05, 0) is 42.5 Å². The van der Waals surface area contributed by atoms with Gasteiger partial charge in [-0.1, -0.05) is 0 Å². The summed E-state index contributed by atoms with van der Waals surface area (Å²) in [5, 5.41) is 12.2. The number of benzene rings is 2. The van der Waals surface area contributed by atoms with Crippen LogP contribution in [0.15, 0.2) is 55.0 Å². The second kappa shape index (κ2) is 6.55. The van der Waals surface area contributed by atoms with Gasteiger partial charge in [-0.3, -0.25) is 0 Å². The molecule has 0 saturated heterocycles. The first kappa shape index (κ1) is 17.5. The van der Waals surface area contributed by atoms with E-state index in [-0.39, 0.29) is 5.56 Å². The molecule has 0 aliphatic heterocycles. The highest BCUT2D eigenvalue weighted by molar-refractivity contribution is 5.92. The standard InChI is InChI=1S/C18H14F3N3O2/c1-24-9-16(22-10-24)14-8-11(17(25)26)2-7-15(14)23-13-5-3-12(4-6-13)18(19,20)21/h2-10,23H,1H3,(H,25,26). The molecular weight excluding hydrogens is 347 g/mol. The fourth-order valence-electron chi connectivity index (χ4n) is 2.45. The average molecular weight is 361 g/mol. The molecule has 0 spiro atoms. The zero-order chi connectivity index (χ0) is 18.9. The van der Waals surface area contributed by atoms with Crippen LogP contribution in [0.3, 0.4) is 0 Å². The van der Waals surface area contributed by atoms with Crippen LogP contribution in [0.2, 0.25) is 0 Å². The van der Waals surface area contributed by atoms with Crippen LogP contribution in [0, 0.1) is 0 Å². The van der Waals surface area contributed by atoms with Gasteiger partial charge in [0.15, 0.2) is 0 Å². The SMILES string of the molecule is Cn1cnc(-c2cc(C(=O)O)ccc2Nc2ccc(C(F)(F)F)cc2)c1. The van der Waals surface area contributed by atoms with Gasteiger partial charge in [0.2, 0.25) is 0 Å². The van der Waals surface area contributed by atoms with Crippen molar-refractivity contribution in [3.63, 3.8) is 0 Å². The second-order valence-corrected chi connectivity index (χ2v) is 5.69. The van der Waals surface area contributed by atoms with Crippen molar-refractivity contribution in [1.82, 2.24) is 9.55 Å². The molecule has 0 bridgehead atoms. The Balaban J connectivity index is 1.98. The molecule has 26 heavy (non-hydrogen) atoms. The molecule has 0 saturated carbocycles. The number of alkyl halides is 3. The van der Waals surface area contributed by atoms with E-state index in [1.165, 1.54) is 24.3 Å². The maximum atomic E-state index is 12.7. The van der Waals surface area contributed by atoms with Crippen molar-refractivity contribution in [2.75, 3.05) is 5.32 Å². The monoisotopic (exact) mass is 361 g/mol. The van der Waals surface area contributed by atoms with E-state index in [1.807, 2.05) is 0 Å². The van der Waals surface area contributed by atoms with Crippen molar-refractivity contribution >= 4 is 17.3 Å². The summed E-state index contributed by atoms with van der Waals surface area (Å²) in [4.78, 5) is 15.5. The fraction of sp³-hybridized carbons (Fsp3) is 0.111. The largest absolute Gasteiger partial charge is 0.478 e. The molecule has 3 aromatic rings. The molecule has 8 heteroatoms. The van der Waals surface area contributed by atoms with Crippen molar-refractivity contribution in [2.24, 2.45) is 7.05 Å². The van der Waals surface area contributed by atoms with Crippen LogP contribution in [-0.2, 0) is 13.2 Å². The highest BCUT2D eigenvalue weighted by Crippen LogP contribution is 2.33. The van der Waals surface area contributed by atoms with E-state index in [4.69, 9.17) is 0 Å². The average Bonchev–Trinajstić information content (AvgIpc) is 3.01. The number of carboxylic acid groups (broad SMARTS) is 1. The number of rotatable bonds is 4. The molecule has 3 rings (SSSR count). The number of imidazole rings is 1. The van der Waals surface area contributed by atoms with Gasteiger partial charge in [0.1, 0.15) is 0 Å². The first-order valence-electron chi connectivity index (χ1n) is 7.54. The van der Waals surface area contributed by atoms with Crippen LogP contribution in [0.25, 0.3) is 11.3 Å². The maximum Gasteiger partial charge on any atom is 0.416 e. The van der Waals surface area contributed by atoms with Crippen LogP contribution in [0.1, 0.15) is 15.9 Å². The van der Waals surface area contributed by atoms with Crippen molar-refractivity contribution in [3.8, 4) is 11.3 Å². The zero-order valence-electron chi connectivity index (χ0n) is 13.6. The molecule has 0 unspecified atom stereocenters. The van der Waals surface area contributed by atoms with Gasteiger partial charge in [-0.25, -0.2) is 9.78 Å². The molecule has 0 atom stereocenters. The first-order valence-corrected chi connectivity index (χ1v) is 7.54. The number of anilines is 2. The lowest BCUT2D eigenvalue weighted by Crippen LogP contribution is -2.04. The van der Waals surface area contributed by atoms with Gasteiger partial charge in [0, 0.05) is 30.2 Å². The highest BCUT2D eigenvalue weighted by atomic mass is 19.4. The number of carboxylic acids is 1. The molecule has 134 valence electrons. The number of halogens is 3. The smallest absolute Gasteiger partial charge is 0.416 e. The van der Waals surface area contributed by atoms with Gasteiger partial charge in [-0.15, -0.1) is 0 Å². The Bertz CT molecular complexity index is 947.